The first-order valence-corrected chi connectivity index (χ1v) is 18.8. The fourth-order valence-corrected chi connectivity index (χ4v) is 9.87. The zero-order valence-electron chi connectivity index (χ0n) is 28.8. The minimum atomic E-state index is 0.0787. The maximum absolute atomic E-state index is 2.53. The molecule has 0 amide bonds. The van der Waals surface area contributed by atoms with E-state index in [4.69, 9.17) is 0 Å². The molecule has 1 atom stereocenters. The number of anilines is 2. The van der Waals surface area contributed by atoms with Crippen molar-refractivity contribution in [2.24, 2.45) is 5.92 Å². The van der Waals surface area contributed by atoms with E-state index in [0.717, 1.165) is 12.1 Å². The van der Waals surface area contributed by atoms with Gasteiger partial charge in [-0.2, -0.15) is 0 Å². The summed E-state index contributed by atoms with van der Waals surface area (Å²) in [4.78, 5) is 2.53. The first-order chi connectivity index (χ1) is 25.0. The lowest BCUT2D eigenvalue weighted by Gasteiger charge is -2.35. The molecule has 2 heteroatoms. The predicted molar refractivity (Wildman–Crippen MR) is 220 cm³/mol. The molecule has 0 radical (unpaired) electrons. The molecule has 1 aromatic heterocycles. The third-order valence-corrected chi connectivity index (χ3v) is 12.5. The first kappa shape index (κ1) is 30.2. The summed E-state index contributed by atoms with van der Waals surface area (Å²) in [6.45, 7) is 4.84. The van der Waals surface area contributed by atoms with Crippen LogP contribution >= 0.6 is 11.3 Å². The summed E-state index contributed by atoms with van der Waals surface area (Å²) >= 11 is 1.87. The monoisotopic (exact) mass is 671 g/mol. The molecule has 0 aliphatic heterocycles. The summed E-state index contributed by atoms with van der Waals surface area (Å²) in [6, 6.07) is 58.3. The van der Waals surface area contributed by atoms with E-state index in [1.54, 1.807) is 0 Å². The van der Waals surface area contributed by atoms with Gasteiger partial charge in [0.05, 0.1) is 5.69 Å². The zero-order valence-corrected chi connectivity index (χ0v) is 29.6. The molecule has 0 spiro atoms. The standard InChI is InChI=1S/C49H37NS/c1-49(2)43-21-10-8-19-39(43)41-31-37(25-26-44(41)49)50(36-17-12-16-34(29-36)32-13-4-3-5-14-32)45-27-23-33-15-6-7-18-38(33)48(45)35-24-28-47-42(30-35)40-20-9-11-22-46(40)51-47/h3-25,27-31,44H,26H2,1-2H3. The summed E-state index contributed by atoms with van der Waals surface area (Å²) in [5, 5.41) is 5.14. The van der Waals surface area contributed by atoms with Crippen molar-refractivity contribution in [3.63, 3.8) is 0 Å². The Balaban J connectivity index is 1.24. The van der Waals surface area contributed by atoms with Crippen LogP contribution < -0.4 is 4.90 Å². The fourth-order valence-electron chi connectivity index (χ4n) is 8.79. The van der Waals surface area contributed by atoms with Gasteiger partial charge < -0.3 is 4.90 Å². The number of hydrogen-bond donors (Lipinski definition) is 0. The van der Waals surface area contributed by atoms with Crippen LogP contribution in [0.25, 0.3) is 58.8 Å². The van der Waals surface area contributed by atoms with E-state index < -0.39 is 0 Å². The normalized spacial score (nSPS) is 16.2. The van der Waals surface area contributed by atoms with Gasteiger partial charge in [-0.1, -0.05) is 141 Å². The molecule has 1 unspecified atom stereocenters. The highest BCUT2D eigenvalue weighted by molar-refractivity contribution is 7.25. The van der Waals surface area contributed by atoms with Crippen molar-refractivity contribution in [3.8, 4) is 22.3 Å². The van der Waals surface area contributed by atoms with Gasteiger partial charge in [-0.05, 0) is 104 Å². The van der Waals surface area contributed by atoms with Gasteiger partial charge in [-0.3, -0.25) is 0 Å². The highest BCUT2D eigenvalue weighted by Gasteiger charge is 2.43. The van der Waals surface area contributed by atoms with Crippen molar-refractivity contribution < 1.29 is 0 Å². The number of allylic oxidation sites excluding steroid dienone is 3. The van der Waals surface area contributed by atoms with E-state index in [9.17, 15) is 0 Å². The molecule has 1 nitrogen and oxygen atoms in total. The Labute approximate surface area is 303 Å². The van der Waals surface area contributed by atoms with Gasteiger partial charge in [0.15, 0.2) is 0 Å². The Kier molecular flexibility index (Phi) is 6.91. The Morgan fingerprint density at radius 1 is 0.588 bits per heavy atom. The maximum atomic E-state index is 2.53. The molecule has 2 aliphatic rings. The lowest BCUT2D eigenvalue weighted by atomic mass is 9.74. The fraction of sp³-hybridized carbons (Fsp3) is 0.102. The largest absolute Gasteiger partial charge is 0.310 e. The zero-order chi connectivity index (χ0) is 34.1. The summed E-state index contributed by atoms with van der Waals surface area (Å²) in [6.07, 6.45) is 5.98. The van der Waals surface area contributed by atoms with E-state index in [2.05, 4.69) is 189 Å². The van der Waals surface area contributed by atoms with Crippen LogP contribution in [0.4, 0.5) is 11.4 Å². The number of nitrogens with zero attached hydrogens (tertiary/aromatic N) is 1. The predicted octanol–water partition coefficient (Wildman–Crippen LogP) is 14.0. The van der Waals surface area contributed by atoms with Gasteiger partial charge in [-0.15, -0.1) is 11.3 Å². The van der Waals surface area contributed by atoms with Gasteiger partial charge in [0.25, 0.3) is 0 Å². The van der Waals surface area contributed by atoms with Crippen molar-refractivity contribution in [1.29, 1.82) is 0 Å². The van der Waals surface area contributed by atoms with Crippen molar-refractivity contribution in [2.75, 3.05) is 4.90 Å². The van der Waals surface area contributed by atoms with Crippen LogP contribution in [0.15, 0.2) is 176 Å². The highest BCUT2D eigenvalue weighted by atomic mass is 32.1. The van der Waals surface area contributed by atoms with Gasteiger partial charge in [-0.25, -0.2) is 0 Å². The number of hydrogen-bond acceptors (Lipinski definition) is 2. The van der Waals surface area contributed by atoms with E-state index in [-0.39, 0.29) is 5.41 Å². The first-order valence-electron chi connectivity index (χ1n) is 18.0. The smallest absolute Gasteiger partial charge is 0.0546 e. The molecular weight excluding hydrogens is 635 g/mol. The highest BCUT2D eigenvalue weighted by Crippen LogP contribution is 2.55. The molecular formula is C49H37NS. The average Bonchev–Trinajstić information content (AvgIpc) is 3.66. The Bertz CT molecular complexity index is 2710. The van der Waals surface area contributed by atoms with E-state index in [0.29, 0.717) is 5.92 Å². The SMILES string of the molecule is CC1(C)c2ccccc2C2=CC(N(c3cccc(-c4ccccc4)c3)c3ccc4ccccc4c3-c3ccc4sc5ccccc5c4c3)=CCC21. The van der Waals surface area contributed by atoms with Crippen LogP contribution in [-0.2, 0) is 5.41 Å². The Morgan fingerprint density at radius 2 is 1.33 bits per heavy atom. The van der Waals surface area contributed by atoms with Gasteiger partial charge >= 0.3 is 0 Å². The Morgan fingerprint density at radius 3 is 2.24 bits per heavy atom. The maximum Gasteiger partial charge on any atom is 0.0546 e. The molecule has 10 rings (SSSR count). The van der Waals surface area contributed by atoms with Gasteiger partial charge in [0.2, 0.25) is 0 Å². The topological polar surface area (TPSA) is 3.24 Å². The van der Waals surface area contributed by atoms with Crippen molar-refractivity contribution in [3.05, 3.63) is 187 Å². The Hall–Kier alpha value is -5.70. The molecule has 0 fully saturated rings. The second kappa shape index (κ2) is 11.7. The van der Waals surface area contributed by atoms with E-state index in [1.165, 1.54) is 81.3 Å². The molecule has 8 aromatic rings. The van der Waals surface area contributed by atoms with Crippen molar-refractivity contribution in [1.82, 2.24) is 0 Å². The number of rotatable bonds is 5. The van der Waals surface area contributed by atoms with Crippen molar-refractivity contribution in [2.45, 2.75) is 25.7 Å². The van der Waals surface area contributed by atoms with Gasteiger partial charge in [0, 0.05) is 37.1 Å². The summed E-state index contributed by atoms with van der Waals surface area (Å²) < 4.78 is 2.65. The third kappa shape index (κ3) is 4.82. The molecule has 0 saturated carbocycles. The minimum absolute atomic E-state index is 0.0787. The molecule has 0 bridgehead atoms. The minimum Gasteiger partial charge on any atom is -0.310 e. The molecule has 7 aromatic carbocycles. The molecule has 51 heavy (non-hydrogen) atoms. The molecule has 1 heterocycles. The van der Waals surface area contributed by atoms with Crippen LogP contribution in [0, 0.1) is 5.92 Å². The number of thiophene rings is 1. The number of fused-ring (bicyclic) bond motifs is 7. The van der Waals surface area contributed by atoms with Crippen LogP contribution in [0.5, 0.6) is 0 Å². The third-order valence-electron chi connectivity index (χ3n) is 11.3. The van der Waals surface area contributed by atoms with Crippen LogP contribution in [0.1, 0.15) is 31.4 Å². The lowest BCUT2D eigenvalue weighted by Crippen LogP contribution is -2.26. The molecule has 244 valence electrons. The summed E-state index contributed by atoms with van der Waals surface area (Å²) in [5.74, 6) is 0.446. The van der Waals surface area contributed by atoms with Gasteiger partial charge in [0.1, 0.15) is 0 Å². The number of benzene rings is 7. The van der Waals surface area contributed by atoms with Crippen LogP contribution in [-0.4, -0.2) is 0 Å². The average molecular weight is 672 g/mol. The second-order valence-corrected chi connectivity index (χ2v) is 15.6. The van der Waals surface area contributed by atoms with Crippen molar-refractivity contribution >= 4 is 59.2 Å². The molecule has 0 N–H and O–H groups in total. The van der Waals surface area contributed by atoms with Crippen LogP contribution in [0.3, 0.4) is 0 Å². The lowest BCUT2D eigenvalue weighted by molar-refractivity contribution is 0.413. The van der Waals surface area contributed by atoms with Crippen LogP contribution in [0.2, 0.25) is 0 Å². The second-order valence-electron chi connectivity index (χ2n) is 14.5. The summed E-state index contributed by atoms with van der Waals surface area (Å²) in [5.41, 5.74) is 12.8. The quantitative estimate of drug-likeness (QED) is 0.176. The summed E-state index contributed by atoms with van der Waals surface area (Å²) in [7, 11) is 0. The molecule has 0 saturated heterocycles. The molecule has 2 aliphatic carbocycles. The van der Waals surface area contributed by atoms with E-state index >= 15 is 0 Å². The van der Waals surface area contributed by atoms with E-state index in [1.807, 2.05) is 11.3 Å².